The fraction of sp³-hybridized carbons (Fsp3) is 0.267. The van der Waals surface area contributed by atoms with Gasteiger partial charge in [-0.1, -0.05) is 37.3 Å². The molecule has 4 N–H and O–H groups in total. The summed E-state index contributed by atoms with van der Waals surface area (Å²) < 4.78 is 3.56. The highest BCUT2D eigenvalue weighted by Gasteiger charge is 2.38. The van der Waals surface area contributed by atoms with Gasteiger partial charge in [-0.05, 0) is 49.9 Å². The number of anilines is 3. The second-order valence-corrected chi connectivity index (χ2v) is 10.3. The molecule has 0 radical (unpaired) electrons. The van der Waals surface area contributed by atoms with Gasteiger partial charge in [-0.25, -0.2) is 4.98 Å². The van der Waals surface area contributed by atoms with Crippen molar-refractivity contribution < 1.29 is 0 Å². The van der Waals surface area contributed by atoms with Crippen molar-refractivity contribution in [2.75, 3.05) is 16.4 Å². The van der Waals surface area contributed by atoms with Gasteiger partial charge < -0.3 is 16.4 Å². The van der Waals surface area contributed by atoms with Gasteiger partial charge in [0.15, 0.2) is 5.82 Å². The third kappa shape index (κ3) is 4.43. The number of nitrogen functional groups attached to an aromatic ring is 2. The molecule has 11 nitrogen and oxygen atoms in total. The molecule has 6 rings (SSSR count). The third-order valence-corrected chi connectivity index (χ3v) is 7.59. The van der Waals surface area contributed by atoms with E-state index in [0.717, 1.165) is 30.5 Å². The van der Waals surface area contributed by atoms with Gasteiger partial charge in [-0.2, -0.15) is 20.3 Å². The van der Waals surface area contributed by atoms with E-state index in [1.54, 1.807) is 10.8 Å². The first-order valence-corrected chi connectivity index (χ1v) is 13.7. The molecule has 0 amide bonds. The van der Waals surface area contributed by atoms with Gasteiger partial charge in [0.1, 0.15) is 23.3 Å². The molecule has 1 aliphatic heterocycles. The lowest BCUT2D eigenvalue weighted by Crippen LogP contribution is -2.36. The molecular formula is C30H30N10O. The summed E-state index contributed by atoms with van der Waals surface area (Å²) in [4.78, 5) is 30.1. The number of benzene rings is 2. The van der Waals surface area contributed by atoms with Crippen molar-refractivity contribution in [1.82, 2.24) is 29.3 Å². The number of hydrogen-bond donors (Lipinski definition) is 2. The Balaban J connectivity index is 1.61. The molecule has 3 aromatic heterocycles. The van der Waals surface area contributed by atoms with Gasteiger partial charge in [0.25, 0.3) is 5.56 Å². The summed E-state index contributed by atoms with van der Waals surface area (Å²) in [6.45, 7) is 4.94. The van der Waals surface area contributed by atoms with Crippen LogP contribution in [0.5, 0.6) is 0 Å². The maximum Gasteiger partial charge on any atom is 0.266 e. The van der Waals surface area contributed by atoms with E-state index in [-0.39, 0.29) is 35.0 Å². The molecule has 206 valence electrons. The van der Waals surface area contributed by atoms with Gasteiger partial charge >= 0.3 is 0 Å². The van der Waals surface area contributed by atoms with Gasteiger partial charge in [0.05, 0.1) is 28.8 Å². The molecule has 1 aliphatic rings. The number of rotatable bonds is 6. The molecule has 4 heterocycles. The predicted octanol–water partition coefficient (Wildman–Crippen LogP) is 4.22. The first-order valence-electron chi connectivity index (χ1n) is 13.7. The van der Waals surface area contributed by atoms with Crippen molar-refractivity contribution in [3.05, 3.63) is 82.7 Å². The summed E-state index contributed by atoms with van der Waals surface area (Å²) in [7, 11) is 0. The molecule has 0 aliphatic carbocycles. The first-order chi connectivity index (χ1) is 19.9. The Bertz CT molecular complexity index is 1850. The maximum atomic E-state index is 14.5. The lowest BCUT2D eigenvalue weighted by molar-refractivity contribution is 0.603. The summed E-state index contributed by atoms with van der Waals surface area (Å²) in [6.07, 6.45) is 6.18. The van der Waals surface area contributed by atoms with Gasteiger partial charge in [-0.15, -0.1) is 0 Å². The minimum atomic E-state index is -0.376. The molecule has 0 saturated carbocycles. The Morgan fingerprint density at radius 1 is 1.05 bits per heavy atom. The molecule has 41 heavy (non-hydrogen) atoms. The zero-order valence-corrected chi connectivity index (χ0v) is 22.9. The van der Waals surface area contributed by atoms with E-state index < -0.39 is 0 Å². The highest BCUT2D eigenvalue weighted by atomic mass is 16.1. The minimum Gasteiger partial charge on any atom is -0.382 e. The van der Waals surface area contributed by atoms with Crippen LogP contribution in [0.2, 0.25) is 0 Å². The quantitative estimate of drug-likeness (QED) is 0.318. The SMILES string of the molecule is CCCn1cc(-c2cccc3nc([C@@H]4CC[C@H](C)N4c4nc(N)nc(N)c4C#N)n(-c4ccccc4)c(=O)c23)cn1. The fourth-order valence-corrected chi connectivity index (χ4v) is 5.76. The second-order valence-electron chi connectivity index (χ2n) is 10.3. The minimum absolute atomic E-state index is 0.0190. The van der Waals surface area contributed by atoms with E-state index in [1.165, 1.54) is 0 Å². The van der Waals surface area contributed by atoms with E-state index in [2.05, 4.69) is 28.1 Å². The van der Waals surface area contributed by atoms with Crippen LogP contribution in [0.25, 0.3) is 27.7 Å². The largest absolute Gasteiger partial charge is 0.382 e. The van der Waals surface area contributed by atoms with E-state index in [9.17, 15) is 10.1 Å². The average Bonchev–Trinajstić information content (AvgIpc) is 3.59. The zero-order chi connectivity index (χ0) is 28.7. The van der Waals surface area contributed by atoms with Crippen LogP contribution in [0.1, 0.15) is 50.5 Å². The number of nitrogens with zero attached hydrogens (tertiary/aromatic N) is 8. The van der Waals surface area contributed by atoms with E-state index in [4.69, 9.17) is 16.5 Å². The van der Waals surface area contributed by atoms with Crippen LogP contribution in [0.3, 0.4) is 0 Å². The van der Waals surface area contributed by atoms with Crippen molar-refractivity contribution in [3.63, 3.8) is 0 Å². The van der Waals surface area contributed by atoms with Gasteiger partial charge in [0.2, 0.25) is 5.95 Å². The fourth-order valence-electron chi connectivity index (χ4n) is 5.76. The van der Waals surface area contributed by atoms with Crippen molar-refractivity contribution in [2.24, 2.45) is 0 Å². The topological polar surface area (TPSA) is 158 Å². The van der Waals surface area contributed by atoms with E-state index >= 15 is 0 Å². The first kappa shape index (κ1) is 26.0. The Morgan fingerprint density at radius 3 is 2.61 bits per heavy atom. The average molecular weight is 547 g/mol. The number of nitrogens with two attached hydrogens (primary N) is 2. The molecule has 0 bridgehead atoms. The summed E-state index contributed by atoms with van der Waals surface area (Å²) in [5.41, 5.74) is 14.9. The second kappa shape index (κ2) is 10.4. The number of hydrogen-bond acceptors (Lipinski definition) is 9. The Morgan fingerprint density at radius 2 is 1.85 bits per heavy atom. The lowest BCUT2D eigenvalue weighted by Gasteiger charge is -2.31. The number of nitriles is 1. The van der Waals surface area contributed by atoms with Gasteiger partial charge in [0, 0.05) is 24.3 Å². The van der Waals surface area contributed by atoms with Crippen molar-refractivity contribution in [2.45, 2.75) is 51.7 Å². The highest BCUT2D eigenvalue weighted by Crippen LogP contribution is 2.41. The predicted molar refractivity (Wildman–Crippen MR) is 158 cm³/mol. The molecule has 1 saturated heterocycles. The lowest BCUT2D eigenvalue weighted by atomic mass is 10.0. The normalized spacial score (nSPS) is 16.8. The summed E-state index contributed by atoms with van der Waals surface area (Å²) in [5.74, 6) is 0.901. The maximum absolute atomic E-state index is 14.5. The Hall–Kier alpha value is -5.24. The van der Waals surface area contributed by atoms with Crippen molar-refractivity contribution in [3.8, 4) is 22.9 Å². The third-order valence-electron chi connectivity index (χ3n) is 7.59. The molecule has 11 heteroatoms. The van der Waals surface area contributed by atoms with Crippen LogP contribution < -0.4 is 21.9 Å². The summed E-state index contributed by atoms with van der Waals surface area (Å²) in [5, 5.41) is 14.9. The molecule has 0 spiro atoms. The van der Waals surface area contributed by atoms with Crippen molar-refractivity contribution >= 4 is 28.5 Å². The van der Waals surface area contributed by atoms with Crippen LogP contribution in [0, 0.1) is 11.3 Å². The smallest absolute Gasteiger partial charge is 0.266 e. The standard InChI is InChI=1S/C30H30N10O/c1-3-14-38-17-19(16-34-38)21-10-7-11-23-25(21)29(41)40(20-8-5-4-6-9-20)28(35-23)24-13-12-18(2)39(24)27-22(15-31)26(32)36-30(33)37-27/h4-11,16-18,24H,3,12-14H2,1-2H3,(H4,32,33,36,37)/t18-,24-/m0/s1. The molecule has 0 unspecified atom stereocenters. The van der Waals surface area contributed by atoms with Crippen molar-refractivity contribution in [1.29, 1.82) is 5.26 Å². The number of aryl methyl sites for hydroxylation is 1. The molecule has 1 fully saturated rings. The zero-order valence-electron chi connectivity index (χ0n) is 22.9. The Labute approximate surface area is 236 Å². The summed E-state index contributed by atoms with van der Waals surface area (Å²) >= 11 is 0. The van der Waals surface area contributed by atoms with Gasteiger partial charge in [-0.3, -0.25) is 14.0 Å². The van der Waals surface area contributed by atoms with Crippen LogP contribution in [-0.2, 0) is 6.54 Å². The van der Waals surface area contributed by atoms with Crippen LogP contribution in [0.4, 0.5) is 17.6 Å². The molecule has 2 aromatic carbocycles. The van der Waals surface area contributed by atoms with Crippen LogP contribution >= 0.6 is 0 Å². The monoisotopic (exact) mass is 546 g/mol. The van der Waals surface area contributed by atoms with Crippen LogP contribution in [0.15, 0.2) is 65.7 Å². The molecular weight excluding hydrogens is 516 g/mol. The summed E-state index contributed by atoms with van der Waals surface area (Å²) in [6, 6.07) is 16.9. The Kier molecular flexibility index (Phi) is 6.59. The molecule has 2 atom stereocenters. The molecule has 5 aromatic rings. The van der Waals surface area contributed by atoms with E-state index in [1.807, 2.05) is 71.2 Å². The number of aromatic nitrogens is 6. The highest BCUT2D eigenvalue weighted by molar-refractivity contribution is 5.94. The van der Waals surface area contributed by atoms with E-state index in [0.29, 0.717) is 34.7 Å². The number of fused-ring (bicyclic) bond motifs is 1. The number of para-hydroxylation sites is 1. The van der Waals surface area contributed by atoms with Crippen LogP contribution in [-0.4, -0.2) is 35.3 Å².